The van der Waals surface area contributed by atoms with Crippen molar-refractivity contribution in [2.45, 2.75) is 25.2 Å². The summed E-state index contributed by atoms with van der Waals surface area (Å²) in [6.45, 7) is 3.50. The Morgan fingerprint density at radius 3 is 2.50 bits per heavy atom. The van der Waals surface area contributed by atoms with Gasteiger partial charge in [0.05, 0.1) is 10.4 Å². The molecule has 1 heterocycles. The van der Waals surface area contributed by atoms with Crippen LogP contribution in [0, 0.1) is 12.8 Å². The van der Waals surface area contributed by atoms with Crippen molar-refractivity contribution in [3.63, 3.8) is 0 Å². The molecule has 2 aromatic carbocycles. The van der Waals surface area contributed by atoms with Gasteiger partial charge in [0.15, 0.2) is 0 Å². The van der Waals surface area contributed by atoms with Gasteiger partial charge in [-0.3, -0.25) is 4.79 Å². The van der Waals surface area contributed by atoms with Crippen molar-refractivity contribution in [2.24, 2.45) is 5.92 Å². The highest BCUT2D eigenvalue weighted by atomic mass is 32.2. The third-order valence-corrected chi connectivity index (χ3v) is 6.09. The minimum atomic E-state index is -3.73. The fourth-order valence-corrected chi connectivity index (χ4v) is 4.19. The van der Waals surface area contributed by atoms with Crippen LogP contribution in [-0.4, -0.2) is 18.3 Å². The first-order valence-corrected chi connectivity index (χ1v) is 9.59. The normalized spacial score (nSPS) is 12.9. The lowest BCUT2D eigenvalue weighted by Gasteiger charge is -2.11. The number of rotatable bonds is 5. The molecule has 1 N–H and O–H groups in total. The van der Waals surface area contributed by atoms with E-state index in [2.05, 4.69) is 0 Å². The van der Waals surface area contributed by atoms with Gasteiger partial charge in [-0.2, -0.15) is 5.54 Å². The molecular weight excluding hydrogens is 355 g/mol. The van der Waals surface area contributed by atoms with Crippen molar-refractivity contribution in [1.82, 2.24) is 9.51 Å². The van der Waals surface area contributed by atoms with Crippen LogP contribution in [0.3, 0.4) is 0 Å². The van der Waals surface area contributed by atoms with Gasteiger partial charge in [0.1, 0.15) is 0 Å². The summed E-state index contributed by atoms with van der Waals surface area (Å²) in [6, 6.07) is 13.7. The zero-order chi connectivity index (χ0) is 18.9. The molecule has 0 bridgehead atoms. The van der Waals surface area contributed by atoms with Crippen molar-refractivity contribution in [3.8, 4) is 0 Å². The lowest BCUT2D eigenvalue weighted by Crippen LogP contribution is -2.23. The van der Waals surface area contributed by atoms with Crippen LogP contribution >= 0.6 is 0 Å². The maximum absolute atomic E-state index is 13.0. The number of amides is 1. The number of nitrogens with one attached hydrogen (secondary N) is 1. The van der Waals surface area contributed by atoms with Gasteiger partial charge >= 0.3 is 0 Å². The van der Waals surface area contributed by atoms with E-state index in [9.17, 15) is 17.7 Å². The first kappa shape index (κ1) is 18.1. The second-order valence-electron chi connectivity index (χ2n) is 6.39. The molecule has 136 valence electrons. The smallest absolute Gasteiger partial charge is 0.268 e. The summed E-state index contributed by atoms with van der Waals surface area (Å²) in [7, 11) is -3.73. The van der Waals surface area contributed by atoms with Crippen LogP contribution in [0.2, 0.25) is 0 Å². The van der Waals surface area contributed by atoms with Crippen LogP contribution in [0.5, 0.6) is 0 Å². The van der Waals surface area contributed by atoms with Crippen LogP contribution < -0.4 is 5.54 Å². The van der Waals surface area contributed by atoms with Crippen LogP contribution in [-0.2, 0) is 21.2 Å². The molecule has 0 fully saturated rings. The Balaban J connectivity index is 2.03. The predicted molar refractivity (Wildman–Crippen MR) is 97.8 cm³/mol. The summed E-state index contributed by atoms with van der Waals surface area (Å²) in [5.74, 6) is -1.26. The fraction of sp³-hybridized carbons (Fsp3) is 0.211. The summed E-state index contributed by atoms with van der Waals surface area (Å²) >= 11 is 0. The predicted octanol–water partition coefficient (Wildman–Crippen LogP) is 3.37. The van der Waals surface area contributed by atoms with Crippen LogP contribution in [0.25, 0.3) is 10.9 Å². The molecule has 3 aromatic rings. The second kappa shape index (κ2) is 6.92. The van der Waals surface area contributed by atoms with Crippen LogP contribution in [0.4, 0.5) is 4.48 Å². The SMILES string of the molecule is Cc1ccc(S(=O)(=O)n2ccc3ccc(C[C@H](C)C(=O)NF)cc32)cc1. The molecule has 0 saturated heterocycles. The fourth-order valence-electron chi connectivity index (χ4n) is 2.85. The third-order valence-electron chi connectivity index (χ3n) is 4.38. The van der Waals surface area contributed by atoms with Gasteiger partial charge in [-0.25, -0.2) is 12.4 Å². The monoisotopic (exact) mass is 374 g/mol. The number of hydrogen-bond acceptors (Lipinski definition) is 3. The molecule has 1 amide bonds. The van der Waals surface area contributed by atoms with Gasteiger partial charge in [-0.05, 0) is 43.2 Å². The van der Waals surface area contributed by atoms with E-state index >= 15 is 0 Å². The number of benzene rings is 2. The molecule has 5 nitrogen and oxygen atoms in total. The van der Waals surface area contributed by atoms with Gasteiger partial charge in [0.25, 0.3) is 15.9 Å². The zero-order valence-electron chi connectivity index (χ0n) is 14.4. The van der Waals surface area contributed by atoms with Crippen molar-refractivity contribution in [2.75, 3.05) is 0 Å². The van der Waals surface area contributed by atoms with E-state index in [4.69, 9.17) is 0 Å². The standard InChI is InChI=1S/C19H19FN2O3S/c1-13-3-7-17(8-4-13)26(24,25)22-10-9-16-6-5-15(12-18(16)22)11-14(2)19(23)21-20/h3-10,12,14H,11H2,1-2H3,(H,21,23)/t14-/m0/s1. The van der Waals surface area contributed by atoms with E-state index in [0.717, 1.165) is 22.1 Å². The first-order valence-electron chi connectivity index (χ1n) is 8.15. The lowest BCUT2D eigenvalue weighted by atomic mass is 10.00. The molecular formula is C19H19FN2O3S. The highest BCUT2D eigenvalue weighted by Gasteiger charge is 2.20. The number of aryl methyl sites for hydroxylation is 1. The van der Waals surface area contributed by atoms with Crippen molar-refractivity contribution >= 4 is 26.8 Å². The molecule has 0 radical (unpaired) electrons. The van der Waals surface area contributed by atoms with Gasteiger partial charge in [-0.15, -0.1) is 4.48 Å². The molecule has 0 aliphatic heterocycles. The maximum atomic E-state index is 13.0. The molecule has 1 atom stereocenters. The number of aromatic nitrogens is 1. The molecule has 0 spiro atoms. The topological polar surface area (TPSA) is 68.2 Å². The van der Waals surface area contributed by atoms with Gasteiger partial charge < -0.3 is 0 Å². The molecule has 0 unspecified atom stereocenters. The molecule has 7 heteroatoms. The average Bonchev–Trinajstić information content (AvgIpc) is 3.05. The number of carbonyl (C=O) groups is 1. The van der Waals surface area contributed by atoms with Crippen molar-refractivity contribution in [3.05, 3.63) is 65.9 Å². The molecule has 0 aliphatic carbocycles. The van der Waals surface area contributed by atoms with Crippen molar-refractivity contribution in [1.29, 1.82) is 0 Å². The maximum Gasteiger partial charge on any atom is 0.268 e. The van der Waals surface area contributed by atoms with Crippen LogP contribution in [0.1, 0.15) is 18.1 Å². The Morgan fingerprint density at radius 2 is 1.85 bits per heavy atom. The Morgan fingerprint density at radius 1 is 1.15 bits per heavy atom. The summed E-state index contributed by atoms with van der Waals surface area (Å²) < 4.78 is 39.4. The zero-order valence-corrected chi connectivity index (χ0v) is 15.3. The van der Waals surface area contributed by atoms with E-state index in [0.29, 0.717) is 11.9 Å². The second-order valence-corrected chi connectivity index (χ2v) is 8.20. The summed E-state index contributed by atoms with van der Waals surface area (Å²) in [6.07, 6.45) is 1.82. The Kier molecular flexibility index (Phi) is 4.82. The Labute approximate surface area is 151 Å². The molecule has 1 aromatic heterocycles. The average molecular weight is 374 g/mol. The van der Waals surface area contributed by atoms with Gasteiger partial charge in [0.2, 0.25) is 0 Å². The number of carbonyl (C=O) groups excluding carboxylic acids is 1. The molecule has 3 rings (SSSR count). The number of hydrogen-bond donors (Lipinski definition) is 1. The summed E-state index contributed by atoms with van der Waals surface area (Å²) in [4.78, 5) is 11.6. The number of halogens is 1. The quantitative estimate of drug-likeness (QED) is 0.696. The van der Waals surface area contributed by atoms with Crippen molar-refractivity contribution < 1.29 is 17.7 Å². The van der Waals surface area contributed by atoms with E-state index in [1.807, 2.05) is 13.0 Å². The van der Waals surface area contributed by atoms with E-state index in [1.165, 1.54) is 10.2 Å². The van der Waals surface area contributed by atoms with E-state index in [1.54, 1.807) is 49.4 Å². The van der Waals surface area contributed by atoms with E-state index < -0.39 is 21.8 Å². The molecule has 26 heavy (non-hydrogen) atoms. The minimum Gasteiger partial charge on any atom is -0.272 e. The summed E-state index contributed by atoms with van der Waals surface area (Å²) in [5.41, 5.74) is 3.40. The summed E-state index contributed by atoms with van der Waals surface area (Å²) in [5, 5.41) is 0.770. The largest absolute Gasteiger partial charge is 0.272 e. The lowest BCUT2D eigenvalue weighted by molar-refractivity contribution is -0.128. The Bertz CT molecular complexity index is 1060. The third kappa shape index (κ3) is 3.35. The van der Waals surface area contributed by atoms with Gasteiger partial charge in [0, 0.05) is 17.5 Å². The molecule has 0 aliphatic rings. The first-order chi connectivity index (χ1) is 12.3. The number of nitrogens with zero attached hydrogens (tertiary/aromatic N) is 1. The highest BCUT2D eigenvalue weighted by molar-refractivity contribution is 7.90. The van der Waals surface area contributed by atoms with Gasteiger partial charge in [-0.1, -0.05) is 36.8 Å². The Hall–Kier alpha value is -2.67. The highest BCUT2D eigenvalue weighted by Crippen LogP contribution is 2.24. The number of fused-ring (bicyclic) bond motifs is 1. The minimum absolute atomic E-state index is 0.205. The van der Waals surface area contributed by atoms with Crippen LogP contribution in [0.15, 0.2) is 59.6 Å². The molecule has 0 saturated carbocycles. The van der Waals surface area contributed by atoms with E-state index in [-0.39, 0.29) is 4.90 Å².